The molecule has 3 aromatic rings. The van der Waals surface area contributed by atoms with Crippen LogP contribution in [0.4, 0.5) is 10.1 Å². The fourth-order valence-electron chi connectivity index (χ4n) is 7.28. The number of rotatable bonds is 6. The summed E-state index contributed by atoms with van der Waals surface area (Å²) in [5, 5.41) is 4.12. The quantitative estimate of drug-likeness (QED) is 0.316. The first-order valence-corrected chi connectivity index (χ1v) is 15.2. The fraction of sp³-hybridized carbons (Fsp3) is 0.545. The molecule has 9 heteroatoms. The van der Waals surface area contributed by atoms with Gasteiger partial charge in [0.1, 0.15) is 11.6 Å². The summed E-state index contributed by atoms with van der Waals surface area (Å²) in [4.78, 5) is 25.5. The van der Waals surface area contributed by atoms with Crippen molar-refractivity contribution in [2.45, 2.75) is 65.6 Å². The van der Waals surface area contributed by atoms with Crippen molar-refractivity contribution in [1.82, 2.24) is 14.5 Å². The average molecular weight is 576 g/mol. The van der Waals surface area contributed by atoms with Crippen LogP contribution in [-0.2, 0) is 17.7 Å². The van der Waals surface area contributed by atoms with Gasteiger partial charge in [0, 0.05) is 31.4 Å². The molecule has 7 rings (SSSR count). The molecular weight excluding hydrogens is 533 g/mol. The Labute approximate surface area is 246 Å². The predicted octanol–water partition coefficient (Wildman–Crippen LogP) is 5.35. The van der Waals surface area contributed by atoms with Crippen LogP contribution in [0.2, 0.25) is 0 Å². The molecular formula is C33H42FN5O3. The molecule has 0 spiro atoms. The second-order valence-electron chi connectivity index (χ2n) is 12.9. The molecule has 1 N–H and O–H groups in total. The van der Waals surface area contributed by atoms with Crippen molar-refractivity contribution < 1.29 is 13.9 Å². The van der Waals surface area contributed by atoms with E-state index < -0.39 is 0 Å². The molecule has 0 amide bonds. The highest BCUT2D eigenvalue weighted by atomic mass is 19.1. The normalized spacial score (nSPS) is 27.0. The van der Waals surface area contributed by atoms with E-state index in [9.17, 15) is 9.18 Å². The van der Waals surface area contributed by atoms with Gasteiger partial charge in [0.05, 0.1) is 43.1 Å². The van der Waals surface area contributed by atoms with Crippen molar-refractivity contribution in [2.75, 3.05) is 32.1 Å². The lowest BCUT2D eigenvalue weighted by molar-refractivity contribution is -0.108. The number of ether oxygens (including phenoxy) is 2. The fourth-order valence-corrected chi connectivity index (χ4v) is 7.28. The number of morpholine rings is 1. The highest BCUT2D eigenvalue weighted by molar-refractivity contribution is 5.96. The molecule has 42 heavy (non-hydrogen) atoms. The van der Waals surface area contributed by atoms with Crippen LogP contribution < -0.4 is 15.6 Å². The van der Waals surface area contributed by atoms with Crippen molar-refractivity contribution in [2.24, 2.45) is 28.2 Å². The number of benzene rings is 2. The number of aliphatic imine (C=N–C) groups is 1. The first-order chi connectivity index (χ1) is 20.1. The molecule has 2 bridgehead atoms. The average Bonchev–Trinajstić information content (AvgIpc) is 2.97. The van der Waals surface area contributed by atoms with Crippen molar-refractivity contribution in [1.29, 1.82) is 0 Å². The molecule has 2 heterocycles. The molecule has 2 aromatic carbocycles. The zero-order chi connectivity index (χ0) is 29.6. The molecule has 0 radical (unpaired) electrons. The van der Waals surface area contributed by atoms with Gasteiger partial charge in [-0.15, -0.1) is 0 Å². The largest absolute Gasteiger partial charge is 0.497 e. The third-order valence-corrected chi connectivity index (χ3v) is 10.1. The number of nitrogens with zero attached hydrogens (tertiary/aromatic N) is 4. The Kier molecular flexibility index (Phi) is 7.72. The number of guanidine groups is 1. The Morgan fingerprint density at radius 2 is 2.05 bits per heavy atom. The lowest BCUT2D eigenvalue weighted by atomic mass is 9.45. The first-order valence-electron chi connectivity index (χ1n) is 15.2. The molecule has 3 saturated carbocycles. The van der Waals surface area contributed by atoms with Gasteiger partial charge in [-0.2, -0.15) is 0 Å². The van der Waals surface area contributed by atoms with E-state index in [-0.39, 0.29) is 23.5 Å². The maximum Gasteiger partial charge on any atom is 0.261 e. The van der Waals surface area contributed by atoms with E-state index >= 15 is 0 Å². The van der Waals surface area contributed by atoms with Crippen LogP contribution in [0.5, 0.6) is 5.75 Å². The Bertz CT molecular complexity index is 1550. The van der Waals surface area contributed by atoms with Crippen LogP contribution in [0, 0.1) is 29.0 Å². The molecule has 4 aliphatic rings. The highest BCUT2D eigenvalue weighted by Crippen LogP contribution is 2.61. The van der Waals surface area contributed by atoms with Crippen LogP contribution in [0.15, 0.2) is 52.5 Å². The van der Waals surface area contributed by atoms with Crippen molar-refractivity contribution in [3.05, 3.63) is 64.5 Å². The van der Waals surface area contributed by atoms with E-state index in [0.29, 0.717) is 59.0 Å². The second kappa shape index (κ2) is 11.3. The third-order valence-electron chi connectivity index (χ3n) is 10.1. The smallest absolute Gasteiger partial charge is 0.261 e. The number of aryl methyl sites for hydroxylation is 2. The highest BCUT2D eigenvalue weighted by Gasteiger charge is 2.56. The first kappa shape index (κ1) is 28.6. The number of anilines is 1. The Morgan fingerprint density at radius 3 is 2.76 bits per heavy atom. The summed E-state index contributed by atoms with van der Waals surface area (Å²) in [7, 11) is 1.51. The van der Waals surface area contributed by atoms with Gasteiger partial charge in [0.15, 0.2) is 5.96 Å². The summed E-state index contributed by atoms with van der Waals surface area (Å²) in [6.07, 6.45) is 4.49. The van der Waals surface area contributed by atoms with E-state index in [2.05, 4.69) is 42.9 Å². The van der Waals surface area contributed by atoms with E-state index in [0.717, 1.165) is 37.1 Å². The molecule has 8 nitrogen and oxygen atoms in total. The predicted molar refractivity (Wildman–Crippen MR) is 164 cm³/mol. The SMILES string of the molecule is COc1ccc(CCn2cnc3cc(N/C(=N/C4C[C@@H]5C[C@H]([C@@H]4C)C5(C)C)N4CCOC(C)C4)ccc3c2=O)c(F)c1. The molecule has 2 unspecified atom stereocenters. The monoisotopic (exact) mass is 575 g/mol. The molecule has 5 atom stereocenters. The maximum atomic E-state index is 14.4. The van der Waals surface area contributed by atoms with Gasteiger partial charge < -0.3 is 19.7 Å². The summed E-state index contributed by atoms with van der Waals surface area (Å²) < 4.78 is 26.9. The number of halogens is 1. The second-order valence-corrected chi connectivity index (χ2v) is 12.9. The third kappa shape index (κ3) is 5.39. The zero-order valence-corrected chi connectivity index (χ0v) is 25.3. The van der Waals surface area contributed by atoms with Crippen molar-refractivity contribution in [3.63, 3.8) is 0 Å². The number of hydrogen-bond donors (Lipinski definition) is 1. The summed E-state index contributed by atoms with van der Waals surface area (Å²) in [5.41, 5.74) is 2.25. The molecule has 3 aliphatic carbocycles. The number of hydrogen-bond acceptors (Lipinski definition) is 5. The lowest BCUT2D eigenvalue weighted by Crippen LogP contribution is -2.57. The molecule has 1 saturated heterocycles. The van der Waals surface area contributed by atoms with Crippen LogP contribution in [0.25, 0.3) is 10.9 Å². The summed E-state index contributed by atoms with van der Waals surface area (Å²) >= 11 is 0. The number of aromatic nitrogens is 2. The van der Waals surface area contributed by atoms with Crippen LogP contribution in [0.1, 0.15) is 46.1 Å². The van der Waals surface area contributed by atoms with Gasteiger partial charge in [0.25, 0.3) is 5.56 Å². The van der Waals surface area contributed by atoms with E-state index in [1.807, 2.05) is 18.2 Å². The minimum Gasteiger partial charge on any atom is -0.497 e. The molecule has 1 aromatic heterocycles. The van der Waals surface area contributed by atoms with Gasteiger partial charge in [-0.3, -0.25) is 9.36 Å². The topological polar surface area (TPSA) is 81.0 Å². The Hall–Kier alpha value is -3.46. The Morgan fingerprint density at radius 1 is 1.21 bits per heavy atom. The zero-order valence-electron chi connectivity index (χ0n) is 25.3. The molecule has 1 aliphatic heterocycles. The number of fused-ring (bicyclic) bond motifs is 3. The van der Waals surface area contributed by atoms with Crippen molar-refractivity contribution in [3.8, 4) is 5.75 Å². The van der Waals surface area contributed by atoms with Gasteiger partial charge in [-0.05, 0) is 79.2 Å². The minimum atomic E-state index is -0.345. The maximum absolute atomic E-state index is 14.4. The van der Waals surface area contributed by atoms with Gasteiger partial charge in [0.2, 0.25) is 0 Å². The number of nitrogens with one attached hydrogen (secondary N) is 1. The van der Waals surface area contributed by atoms with Gasteiger partial charge in [-0.25, -0.2) is 14.4 Å². The van der Waals surface area contributed by atoms with Crippen LogP contribution in [-0.4, -0.2) is 59.4 Å². The minimum absolute atomic E-state index is 0.130. The lowest BCUT2D eigenvalue weighted by Gasteiger charge is -2.61. The van der Waals surface area contributed by atoms with E-state index in [4.69, 9.17) is 14.5 Å². The number of methoxy groups -OCH3 is 1. The molecule has 4 fully saturated rings. The van der Waals surface area contributed by atoms with Gasteiger partial charge in [-0.1, -0.05) is 26.8 Å². The van der Waals surface area contributed by atoms with E-state index in [1.165, 1.54) is 19.6 Å². The van der Waals surface area contributed by atoms with Gasteiger partial charge >= 0.3 is 0 Å². The van der Waals surface area contributed by atoms with Crippen LogP contribution >= 0.6 is 0 Å². The standard InChI is InChI=1S/C33H42FN5O3/c1-20-18-38(12-13-42-20)32(37-29-15-23-14-27(21(29)2)33(23,3)4)36-24-7-9-26-30(16-24)35-19-39(31(26)40)11-10-22-6-8-25(41-5)17-28(22)34/h6-9,16-17,19-21,23,27,29H,10-15,18H2,1-5H3,(H,36,37)/t20?,21-,23-,27+,29?/m0/s1. The summed E-state index contributed by atoms with van der Waals surface area (Å²) in [5.74, 6) is 2.96. The molecule has 224 valence electrons. The summed E-state index contributed by atoms with van der Waals surface area (Å²) in [6.45, 7) is 11.8. The Balaban J connectivity index is 1.22. The summed E-state index contributed by atoms with van der Waals surface area (Å²) in [6, 6.07) is 10.7. The van der Waals surface area contributed by atoms with Crippen LogP contribution in [0.3, 0.4) is 0 Å². The van der Waals surface area contributed by atoms with Crippen molar-refractivity contribution >= 4 is 22.5 Å². The van der Waals surface area contributed by atoms with E-state index in [1.54, 1.807) is 23.0 Å².